The van der Waals surface area contributed by atoms with Gasteiger partial charge in [0.2, 0.25) is 11.8 Å². The van der Waals surface area contributed by atoms with Crippen molar-refractivity contribution >= 4 is 11.8 Å². The van der Waals surface area contributed by atoms with E-state index in [0.29, 0.717) is 19.4 Å². The highest BCUT2D eigenvalue weighted by molar-refractivity contribution is 5.88. The van der Waals surface area contributed by atoms with Crippen molar-refractivity contribution in [3.8, 4) is 0 Å². The van der Waals surface area contributed by atoms with Crippen molar-refractivity contribution in [2.24, 2.45) is 0 Å². The fraction of sp³-hybridized carbons (Fsp3) is 0.440. The van der Waals surface area contributed by atoms with Gasteiger partial charge in [0.05, 0.1) is 6.42 Å². The molecular formula is C25H34N2O2. The molecular weight excluding hydrogens is 360 g/mol. The van der Waals surface area contributed by atoms with E-state index in [4.69, 9.17) is 0 Å². The highest BCUT2D eigenvalue weighted by Gasteiger charge is 2.29. The van der Waals surface area contributed by atoms with E-state index in [0.717, 1.165) is 23.1 Å². The summed E-state index contributed by atoms with van der Waals surface area (Å²) in [6, 6.07) is 15.7. The maximum atomic E-state index is 13.3. The SMILES string of the molecule is CC[C@@H](C)NC(=O)[C@H](CC)N(Cc1ccc(C)cc1)C(=O)Cc1ccc(C)cc1. The van der Waals surface area contributed by atoms with Crippen molar-refractivity contribution in [2.45, 2.75) is 72.5 Å². The molecule has 156 valence electrons. The van der Waals surface area contributed by atoms with Crippen LogP contribution in [0.5, 0.6) is 0 Å². The minimum absolute atomic E-state index is 0.0272. The Morgan fingerprint density at radius 1 is 0.862 bits per heavy atom. The first-order chi connectivity index (χ1) is 13.8. The van der Waals surface area contributed by atoms with Crippen molar-refractivity contribution in [2.75, 3.05) is 0 Å². The minimum Gasteiger partial charge on any atom is -0.352 e. The molecule has 0 bridgehead atoms. The number of rotatable bonds is 9. The number of aryl methyl sites for hydroxylation is 2. The number of hydrogen-bond donors (Lipinski definition) is 1. The van der Waals surface area contributed by atoms with E-state index in [1.54, 1.807) is 4.90 Å². The number of hydrogen-bond acceptors (Lipinski definition) is 2. The Balaban J connectivity index is 2.26. The van der Waals surface area contributed by atoms with Gasteiger partial charge in [0.1, 0.15) is 6.04 Å². The molecule has 0 aromatic heterocycles. The second-order valence-corrected chi connectivity index (χ2v) is 7.91. The number of benzene rings is 2. The summed E-state index contributed by atoms with van der Waals surface area (Å²) >= 11 is 0. The molecule has 0 radical (unpaired) electrons. The molecule has 4 nitrogen and oxygen atoms in total. The van der Waals surface area contributed by atoms with Gasteiger partial charge in [-0.2, -0.15) is 0 Å². The largest absolute Gasteiger partial charge is 0.352 e. The van der Waals surface area contributed by atoms with Crippen LogP contribution in [0.2, 0.25) is 0 Å². The maximum Gasteiger partial charge on any atom is 0.243 e. The van der Waals surface area contributed by atoms with Crippen molar-refractivity contribution < 1.29 is 9.59 Å². The molecule has 0 aliphatic carbocycles. The molecule has 0 saturated heterocycles. The monoisotopic (exact) mass is 394 g/mol. The molecule has 2 atom stereocenters. The van der Waals surface area contributed by atoms with Gasteiger partial charge >= 0.3 is 0 Å². The predicted octanol–water partition coefficient (Wildman–Crippen LogP) is 4.57. The van der Waals surface area contributed by atoms with E-state index in [2.05, 4.69) is 5.32 Å². The number of amides is 2. The highest BCUT2D eigenvalue weighted by Crippen LogP contribution is 2.16. The van der Waals surface area contributed by atoms with Gasteiger partial charge in [0.25, 0.3) is 0 Å². The van der Waals surface area contributed by atoms with E-state index in [9.17, 15) is 9.59 Å². The number of nitrogens with zero attached hydrogens (tertiary/aromatic N) is 1. The Bertz CT molecular complexity index is 797. The maximum absolute atomic E-state index is 13.3. The first-order valence-electron chi connectivity index (χ1n) is 10.5. The number of nitrogens with one attached hydrogen (secondary N) is 1. The summed E-state index contributed by atoms with van der Waals surface area (Å²) in [5.41, 5.74) is 4.33. The third-order valence-electron chi connectivity index (χ3n) is 5.34. The molecule has 4 heteroatoms. The van der Waals surface area contributed by atoms with Crippen LogP contribution in [-0.2, 0) is 22.6 Å². The summed E-state index contributed by atoms with van der Waals surface area (Å²) in [4.78, 5) is 27.9. The van der Waals surface area contributed by atoms with Gasteiger partial charge in [0, 0.05) is 12.6 Å². The smallest absolute Gasteiger partial charge is 0.243 e. The Kier molecular flexibility index (Phi) is 8.44. The average molecular weight is 395 g/mol. The molecule has 0 heterocycles. The molecule has 0 aliphatic heterocycles. The van der Waals surface area contributed by atoms with Crippen LogP contribution in [-0.4, -0.2) is 28.8 Å². The van der Waals surface area contributed by atoms with E-state index in [-0.39, 0.29) is 17.9 Å². The first-order valence-corrected chi connectivity index (χ1v) is 10.5. The molecule has 0 aliphatic rings. The fourth-order valence-corrected chi connectivity index (χ4v) is 3.23. The molecule has 29 heavy (non-hydrogen) atoms. The van der Waals surface area contributed by atoms with Crippen LogP contribution in [0.3, 0.4) is 0 Å². The molecule has 0 spiro atoms. The lowest BCUT2D eigenvalue weighted by atomic mass is 10.0. The van der Waals surface area contributed by atoms with Crippen LogP contribution in [0.25, 0.3) is 0 Å². The van der Waals surface area contributed by atoms with Crippen molar-refractivity contribution in [3.63, 3.8) is 0 Å². The quantitative estimate of drug-likeness (QED) is 0.677. The summed E-state index contributed by atoms with van der Waals surface area (Å²) in [6.07, 6.45) is 1.73. The van der Waals surface area contributed by atoms with Crippen LogP contribution in [0.4, 0.5) is 0 Å². The van der Waals surface area contributed by atoms with Crippen molar-refractivity contribution in [1.29, 1.82) is 0 Å². The van der Waals surface area contributed by atoms with E-state index in [1.807, 2.05) is 83.1 Å². The van der Waals surface area contributed by atoms with Gasteiger partial charge in [-0.3, -0.25) is 9.59 Å². The minimum atomic E-state index is -0.483. The Morgan fingerprint density at radius 3 is 1.86 bits per heavy atom. The van der Waals surface area contributed by atoms with Crippen LogP contribution >= 0.6 is 0 Å². The summed E-state index contributed by atoms with van der Waals surface area (Å²) < 4.78 is 0. The molecule has 0 saturated carbocycles. The van der Waals surface area contributed by atoms with E-state index < -0.39 is 6.04 Å². The topological polar surface area (TPSA) is 49.4 Å². The summed E-state index contributed by atoms with van der Waals surface area (Å²) in [6.45, 7) is 10.5. The fourth-order valence-electron chi connectivity index (χ4n) is 3.23. The second kappa shape index (κ2) is 10.8. The molecule has 2 aromatic carbocycles. The second-order valence-electron chi connectivity index (χ2n) is 7.91. The zero-order chi connectivity index (χ0) is 21.4. The lowest BCUT2D eigenvalue weighted by Gasteiger charge is -2.31. The van der Waals surface area contributed by atoms with Gasteiger partial charge in [-0.05, 0) is 44.7 Å². The van der Waals surface area contributed by atoms with Crippen molar-refractivity contribution in [3.05, 3.63) is 70.8 Å². The van der Waals surface area contributed by atoms with Crippen LogP contribution in [0.1, 0.15) is 55.9 Å². The average Bonchev–Trinajstić information content (AvgIpc) is 2.70. The number of carbonyl (C=O) groups excluding carboxylic acids is 2. The Labute approximate surface area is 175 Å². The van der Waals surface area contributed by atoms with Crippen LogP contribution < -0.4 is 5.32 Å². The summed E-state index contributed by atoms with van der Waals surface area (Å²) in [5.74, 6) is -0.105. The van der Waals surface area contributed by atoms with Crippen LogP contribution in [0, 0.1) is 13.8 Å². The zero-order valence-corrected chi connectivity index (χ0v) is 18.4. The normalized spacial score (nSPS) is 12.9. The first kappa shape index (κ1) is 22.7. The molecule has 0 fully saturated rings. The Morgan fingerprint density at radius 2 is 1.38 bits per heavy atom. The number of carbonyl (C=O) groups is 2. The van der Waals surface area contributed by atoms with Gasteiger partial charge in [0.15, 0.2) is 0 Å². The van der Waals surface area contributed by atoms with Gasteiger partial charge in [-0.1, -0.05) is 73.5 Å². The highest BCUT2D eigenvalue weighted by atomic mass is 16.2. The van der Waals surface area contributed by atoms with Gasteiger partial charge < -0.3 is 10.2 Å². The Hall–Kier alpha value is -2.62. The molecule has 2 rings (SSSR count). The van der Waals surface area contributed by atoms with Gasteiger partial charge in [-0.25, -0.2) is 0 Å². The van der Waals surface area contributed by atoms with E-state index in [1.165, 1.54) is 5.56 Å². The lowest BCUT2D eigenvalue weighted by Crippen LogP contribution is -2.51. The third-order valence-corrected chi connectivity index (χ3v) is 5.34. The predicted molar refractivity (Wildman–Crippen MR) is 119 cm³/mol. The zero-order valence-electron chi connectivity index (χ0n) is 18.4. The molecule has 0 unspecified atom stereocenters. The van der Waals surface area contributed by atoms with Crippen molar-refractivity contribution in [1.82, 2.24) is 10.2 Å². The molecule has 2 aromatic rings. The van der Waals surface area contributed by atoms with Gasteiger partial charge in [-0.15, -0.1) is 0 Å². The molecule has 1 N–H and O–H groups in total. The van der Waals surface area contributed by atoms with E-state index >= 15 is 0 Å². The lowest BCUT2D eigenvalue weighted by molar-refractivity contribution is -0.141. The third kappa shape index (κ3) is 6.74. The van der Waals surface area contributed by atoms with Crippen LogP contribution in [0.15, 0.2) is 48.5 Å². The summed E-state index contributed by atoms with van der Waals surface area (Å²) in [5, 5.41) is 3.05. The molecule has 2 amide bonds. The summed E-state index contributed by atoms with van der Waals surface area (Å²) in [7, 11) is 0. The standard InChI is InChI=1S/C25H34N2O2/c1-6-20(5)26-25(29)23(7-2)27(17-22-14-10-19(4)11-15-22)24(28)16-21-12-8-18(3)9-13-21/h8-15,20,23H,6-7,16-17H2,1-5H3,(H,26,29)/t20-,23+/m1/s1.